The molecule has 0 aliphatic heterocycles. The molecule has 0 saturated carbocycles. The molecular weight excluding hydrogens is 352 g/mol. The molecule has 0 aliphatic carbocycles. The van der Waals surface area contributed by atoms with Gasteiger partial charge in [0.25, 0.3) is 5.56 Å². The summed E-state index contributed by atoms with van der Waals surface area (Å²) in [5, 5.41) is 1.67. The van der Waals surface area contributed by atoms with E-state index in [1.807, 2.05) is 60.9 Å². The van der Waals surface area contributed by atoms with Crippen molar-refractivity contribution in [2.75, 3.05) is 6.54 Å². The van der Waals surface area contributed by atoms with E-state index >= 15 is 0 Å². The molecular formula is C22H22N4O2. The van der Waals surface area contributed by atoms with Gasteiger partial charge in [0.2, 0.25) is 5.91 Å². The summed E-state index contributed by atoms with van der Waals surface area (Å²) in [7, 11) is 0. The normalized spacial score (nSPS) is 11.2. The highest BCUT2D eigenvalue weighted by Crippen LogP contribution is 2.19. The molecule has 2 aromatic heterocycles. The summed E-state index contributed by atoms with van der Waals surface area (Å²) in [4.78, 5) is 34.3. The first-order chi connectivity index (χ1) is 13.6. The Kier molecular flexibility index (Phi) is 4.69. The second-order valence-electron chi connectivity index (χ2n) is 6.87. The van der Waals surface area contributed by atoms with E-state index in [-0.39, 0.29) is 24.6 Å². The topological polar surface area (TPSA) is 71.0 Å². The number of carbonyl (C=O) groups excluding carboxylic acids is 1. The van der Waals surface area contributed by atoms with Crippen molar-refractivity contribution in [2.45, 2.75) is 26.9 Å². The maximum absolute atomic E-state index is 13.0. The SMILES string of the molecule is CCN(Cc1nc2ccccc2c(=O)[nH]1)C(=O)Cn1c(C)cc2ccccc21. The zero-order valence-electron chi connectivity index (χ0n) is 16.0. The number of amides is 1. The molecule has 2 aromatic carbocycles. The van der Waals surface area contributed by atoms with Crippen LogP contribution < -0.4 is 5.56 Å². The predicted molar refractivity (Wildman–Crippen MR) is 110 cm³/mol. The number of likely N-dealkylation sites (N-methyl/N-ethyl adjacent to an activating group) is 1. The lowest BCUT2D eigenvalue weighted by molar-refractivity contribution is -0.132. The highest BCUT2D eigenvalue weighted by Gasteiger charge is 2.17. The van der Waals surface area contributed by atoms with Gasteiger partial charge in [-0.2, -0.15) is 0 Å². The van der Waals surface area contributed by atoms with E-state index in [1.54, 1.807) is 11.0 Å². The van der Waals surface area contributed by atoms with Crippen LogP contribution in [0.4, 0.5) is 0 Å². The van der Waals surface area contributed by atoms with Gasteiger partial charge in [0.15, 0.2) is 0 Å². The van der Waals surface area contributed by atoms with Crippen molar-refractivity contribution in [3.8, 4) is 0 Å². The number of hydrogen-bond acceptors (Lipinski definition) is 3. The largest absolute Gasteiger partial charge is 0.335 e. The van der Waals surface area contributed by atoms with E-state index in [4.69, 9.17) is 0 Å². The summed E-state index contributed by atoms with van der Waals surface area (Å²) < 4.78 is 2.02. The number of H-pyrrole nitrogens is 1. The number of carbonyl (C=O) groups is 1. The Bertz CT molecular complexity index is 1220. The predicted octanol–water partition coefficient (Wildman–Crippen LogP) is 3.23. The third-order valence-corrected chi connectivity index (χ3v) is 5.05. The van der Waals surface area contributed by atoms with Crippen LogP contribution in [-0.2, 0) is 17.9 Å². The van der Waals surface area contributed by atoms with Gasteiger partial charge in [-0.15, -0.1) is 0 Å². The first-order valence-corrected chi connectivity index (χ1v) is 9.37. The minimum absolute atomic E-state index is 0.0113. The van der Waals surface area contributed by atoms with Crippen LogP contribution in [0.15, 0.2) is 59.4 Å². The molecule has 1 amide bonds. The van der Waals surface area contributed by atoms with Crippen LogP contribution in [0.25, 0.3) is 21.8 Å². The second-order valence-corrected chi connectivity index (χ2v) is 6.87. The molecule has 0 atom stereocenters. The smallest absolute Gasteiger partial charge is 0.258 e. The van der Waals surface area contributed by atoms with E-state index < -0.39 is 0 Å². The summed E-state index contributed by atoms with van der Waals surface area (Å²) >= 11 is 0. The van der Waals surface area contributed by atoms with Crippen molar-refractivity contribution in [2.24, 2.45) is 0 Å². The summed E-state index contributed by atoms with van der Waals surface area (Å²) in [6.45, 7) is 5.00. The lowest BCUT2D eigenvalue weighted by atomic mass is 10.2. The van der Waals surface area contributed by atoms with Crippen molar-refractivity contribution in [3.63, 3.8) is 0 Å². The highest BCUT2D eigenvalue weighted by atomic mass is 16.2. The van der Waals surface area contributed by atoms with Crippen molar-refractivity contribution < 1.29 is 4.79 Å². The molecule has 6 heteroatoms. The molecule has 0 bridgehead atoms. The van der Waals surface area contributed by atoms with Crippen LogP contribution in [-0.4, -0.2) is 31.9 Å². The van der Waals surface area contributed by atoms with Crippen molar-refractivity contribution >= 4 is 27.7 Å². The maximum atomic E-state index is 13.0. The van der Waals surface area contributed by atoms with Crippen molar-refractivity contribution in [3.05, 3.63) is 76.5 Å². The summed E-state index contributed by atoms with van der Waals surface area (Å²) in [5.41, 5.74) is 2.54. The number of nitrogens with zero attached hydrogens (tertiary/aromatic N) is 3. The Morgan fingerprint density at radius 2 is 1.89 bits per heavy atom. The molecule has 0 fully saturated rings. The number of fused-ring (bicyclic) bond motifs is 2. The van der Waals surface area contributed by atoms with Crippen LogP contribution in [0.3, 0.4) is 0 Å². The van der Waals surface area contributed by atoms with Gasteiger partial charge in [-0.3, -0.25) is 9.59 Å². The lowest BCUT2D eigenvalue weighted by Crippen LogP contribution is -2.34. The minimum atomic E-state index is -0.184. The van der Waals surface area contributed by atoms with Gasteiger partial charge in [0.05, 0.1) is 17.4 Å². The molecule has 2 heterocycles. The zero-order chi connectivity index (χ0) is 19.7. The fourth-order valence-electron chi connectivity index (χ4n) is 3.56. The van der Waals surface area contributed by atoms with Gasteiger partial charge in [0, 0.05) is 17.8 Å². The molecule has 0 saturated heterocycles. The monoisotopic (exact) mass is 374 g/mol. The molecule has 0 spiro atoms. The molecule has 142 valence electrons. The van der Waals surface area contributed by atoms with Crippen molar-refractivity contribution in [1.82, 2.24) is 19.4 Å². The van der Waals surface area contributed by atoms with E-state index in [0.29, 0.717) is 23.3 Å². The van der Waals surface area contributed by atoms with Crippen LogP contribution in [0, 0.1) is 6.92 Å². The number of benzene rings is 2. The van der Waals surface area contributed by atoms with Gasteiger partial charge in [-0.05, 0) is 43.5 Å². The quantitative estimate of drug-likeness (QED) is 0.583. The third kappa shape index (κ3) is 3.29. The fraction of sp³-hybridized carbons (Fsp3) is 0.227. The first-order valence-electron chi connectivity index (χ1n) is 9.37. The second kappa shape index (κ2) is 7.31. The number of rotatable bonds is 5. The number of hydrogen-bond donors (Lipinski definition) is 1. The summed E-state index contributed by atoms with van der Waals surface area (Å²) in [6, 6.07) is 17.3. The Hall–Kier alpha value is -3.41. The summed E-state index contributed by atoms with van der Waals surface area (Å²) in [5.74, 6) is 0.482. The molecule has 4 aromatic rings. The van der Waals surface area contributed by atoms with E-state index in [0.717, 1.165) is 16.6 Å². The lowest BCUT2D eigenvalue weighted by Gasteiger charge is -2.21. The standard InChI is InChI=1S/C22H22N4O2/c1-3-25(13-20-23-18-10-6-5-9-17(18)22(28)24-20)21(27)14-26-15(2)12-16-8-4-7-11-19(16)26/h4-12H,3,13-14H2,1-2H3,(H,23,24,28). The van der Waals surface area contributed by atoms with E-state index in [9.17, 15) is 9.59 Å². The Balaban J connectivity index is 1.59. The maximum Gasteiger partial charge on any atom is 0.258 e. The molecule has 0 radical (unpaired) electrons. The van der Waals surface area contributed by atoms with Gasteiger partial charge < -0.3 is 14.5 Å². The molecule has 1 N–H and O–H groups in total. The van der Waals surface area contributed by atoms with Crippen molar-refractivity contribution in [1.29, 1.82) is 0 Å². The Morgan fingerprint density at radius 1 is 1.14 bits per heavy atom. The first kappa shape index (κ1) is 18.0. The average Bonchev–Trinajstić information content (AvgIpc) is 3.01. The third-order valence-electron chi connectivity index (χ3n) is 5.05. The Labute approximate surface area is 162 Å². The molecule has 0 aliphatic rings. The van der Waals surface area contributed by atoms with Crippen LogP contribution in [0.5, 0.6) is 0 Å². The highest BCUT2D eigenvalue weighted by molar-refractivity contribution is 5.84. The molecule has 6 nitrogen and oxygen atoms in total. The molecule has 0 unspecified atom stereocenters. The molecule has 28 heavy (non-hydrogen) atoms. The number of aromatic nitrogens is 3. The number of aryl methyl sites for hydroxylation is 1. The Morgan fingerprint density at radius 3 is 2.71 bits per heavy atom. The van der Waals surface area contributed by atoms with Gasteiger partial charge in [-0.1, -0.05) is 30.3 Å². The summed E-state index contributed by atoms with van der Waals surface area (Å²) in [6.07, 6.45) is 0. The molecule has 4 rings (SSSR count). The van der Waals surface area contributed by atoms with E-state index in [2.05, 4.69) is 16.0 Å². The minimum Gasteiger partial charge on any atom is -0.335 e. The number of aromatic amines is 1. The number of para-hydroxylation sites is 2. The average molecular weight is 374 g/mol. The van der Waals surface area contributed by atoms with E-state index in [1.165, 1.54) is 0 Å². The van der Waals surface area contributed by atoms with Gasteiger partial charge in [-0.25, -0.2) is 4.98 Å². The van der Waals surface area contributed by atoms with Gasteiger partial charge >= 0.3 is 0 Å². The van der Waals surface area contributed by atoms with Crippen LogP contribution in [0.2, 0.25) is 0 Å². The fourth-order valence-corrected chi connectivity index (χ4v) is 3.56. The number of nitrogens with one attached hydrogen (secondary N) is 1. The zero-order valence-corrected chi connectivity index (χ0v) is 16.0. The van der Waals surface area contributed by atoms with Gasteiger partial charge in [0.1, 0.15) is 12.4 Å². The van der Waals surface area contributed by atoms with Crippen LogP contribution in [0.1, 0.15) is 18.4 Å². The van der Waals surface area contributed by atoms with Crippen LogP contribution >= 0.6 is 0 Å².